The van der Waals surface area contributed by atoms with Crippen LogP contribution in [0.2, 0.25) is 0 Å². The summed E-state index contributed by atoms with van der Waals surface area (Å²) in [6.07, 6.45) is 1.58. The Morgan fingerprint density at radius 1 is 1.67 bits per heavy atom. The molecule has 0 aliphatic rings. The maximum Gasteiger partial charge on any atom is 0.256 e. The summed E-state index contributed by atoms with van der Waals surface area (Å²) < 4.78 is 4.85. The summed E-state index contributed by atoms with van der Waals surface area (Å²) in [7, 11) is 1.50. The van der Waals surface area contributed by atoms with Gasteiger partial charge in [-0.3, -0.25) is 0 Å². The second-order valence-electron chi connectivity index (χ2n) is 2.43. The standard InChI is InChI=1S/C8H11N3O/c1-5(2)6-4-10-8(12-3)7(9)11-6/h4H,1H2,2-3H3,(H2,9,11). The van der Waals surface area contributed by atoms with E-state index < -0.39 is 0 Å². The van der Waals surface area contributed by atoms with Crippen LogP contribution in [0.5, 0.6) is 5.88 Å². The lowest BCUT2D eigenvalue weighted by molar-refractivity contribution is 0.398. The molecular weight excluding hydrogens is 154 g/mol. The Kier molecular flexibility index (Phi) is 2.28. The highest BCUT2D eigenvalue weighted by molar-refractivity contribution is 5.59. The third-order valence-corrected chi connectivity index (χ3v) is 1.39. The van der Waals surface area contributed by atoms with E-state index in [2.05, 4.69) is 16.5 Å². The zero-order chi connectivity index (χ0) is 9.14. The van der Waals surface area contributed by atoms with Gasteiger partial charge in [0, 0.05) is 0 Å². The van der Waals surface area contributed by atoms with Gasteiger partial charge < -0.3 is 10.5 Å². The second kappa shape index (κ2) is 3.21. The van der Waals surface area contributed by atoms with Crippen molar-refractivity contribution in [2.45, 2.75) is 6.92 Å². The number of allylic oxidation sites excluding steroid dienone is 1. The maximum atomic E-state index is 5.53. The van der Waals surface area contributed by atoms with Crippen molar-refractivity contribution in [2.75, 3.05) is 12.8 Å². The highest BCUT2D eigenvalue weighted by Crippen LogP contribution is 2.16. The van der Waals surface area contributed by atoms with Gasteiger partial charge in [0.05, 0.1) is 19.0 Å². The van der Waals surface area contributed by atoms with Crippen LogP contribution < -0.4 is 10.5 Å². The van der Waals surface area contributed by atoms with Gasteiger partial charge in [-0.2, -0.15) is 0 Å². The van der Waals surface area contributed by atoms with Gasteiger partial charge in [-0.05, 0) is 12.5 Å². The molecule has 1 rings (SSSR count). The SMILES string of the molecule is C=C(C)c1cnc(OC)c(N)n1. The van der Waals surface area contributed by atoms with Crippen molar-refractivity contribution >= 4 is 11.4 Å². The lowest BCUT2D eigenvalue weighted by Gasteiger charge is -2.03. The molecular formula is C8H11N3O. The van der Waals surface area contributed by atoms with Crippen LogP contribution in [0.25, 0.3) is 5.57 Å². The van der Waals surface area contributed by atoms with E-state index in [1.54, 1.807) is 6.20 Å². The predicted octanol–water partition coefficient (Wildman–Crippen LogP) is 1.10. The lowest BCUT2D eigenvalue weighted by atomic mass is 10.2. The monoisotopic (exact) mass is 165 g/mol. The van der Waals surface area contributed by atoms with Crippen LogP contribution >= 0.6 is 0 Å². The highest BCUT2D eigenvalue weighted by atomic mass is 16.5. The molecule has 0 radical (unpaired) electrons. The molecule has 0 aliphatic heterocycles. The van der Waals surface area contributed by atoms with Gasteiger partial charge >= 0.3 is 0 Å². The molecule has 2 N–H and O–H groups in total. The van der Waals surface area contributed by atoms with Gasteiger partial charge in [0.25, 0.3) is 5.88 Å². The van der Waals surface area contributed by atoms with Gasteiger partial charge in [-0.25, -0.2) is 9.97 Å². The molecule has 0 aromatic carbocycles. The van der Waals surface area contributed by atoms with Crippen LogP contribution in [0.4, 0.5) is 5.82 Å². The van der Waals surface area contributed by atoms with Gasteiger partial charge in [-0.15, -0.1) is 0 Å². The van der Waals surface area contributed by atoms with E-state index in [0.717, 1.165) is 5.57 Å². The Hall–Kier alpha value is -1.58. The van der Waals surface area contributed by atoms with Crippen molar-refractivity contribution < 1.29 is 4.74 Å². The Labute approximate surface area is 71.1 Å². The summed E-state index contributed by atoms with van der Waals surface area (Å²) >= 11 is 0. The number of anilines is 1. The van der Waals surface area contributed by atoms with Crippen molar-refractivity contribution in [3.63, 3.8) is 0 Å². The lowest BCUT2D eigenvalue weighted by Crippen LogP contribution is -2.00. The number of rotatable bonds is 2. The van der Waals surface area contributed by atoms with Crippen LogP contribution in [-0.4, -0.2) is 17.1 Å². The fourth-order valence-corrected chi connectivity index (χ4v) is 0.755. The molecule has 1 aromatic rings. The van der Waals surface area contributed by atoms with E-state index in [4.69, 9.17) is 10.5 Å². The largest absolute Gasteiger partial charge is 0.478 e. The first-order valence-electron chi connectivity index (χ1n) is 3.47. The molecule has 0 amide bonds. The Morgan fingerprint density at radius 2 is 2.33 bits per heavy atom. The molecule has 0 saturated carbocycles. The Balaban J connectivity index is 3.10. The topological polar surface area (TPSA) is 61.0 Å². The molecule has 12 heavy (non-hydrogen) atoms. The molecule has 0 bridgehead atoms. The number of hydrogen-bond donors (Lipinski definition) is 1. The van der Waals surface area contributed by atoms with Crippen molar-refractivity contribution in [2.24, 2.45) is 0 Å². The molecule has 0 atom stereocenters. The first-order valence-corrected chi connectivity index (χ1v) is 3.47. The van der Waals surface area contributed by atoms with Crippen LogP contribution in [0.3, 0.4) is 0 Å². The van der Waals surface area contributed by atoms with Crippen LogP contribution in [0, 0.1) is 0 Å². The first kappa shape index (κ1) is 8.52. The summed E-state index contributed by atoms with van der Waals surface area (Å²) in [6.45, 7) is 5.57. The smallest absolute Gasteiger partial charge is 0.256 e. The van der Waals surface area contributed by atoms with Crippen molar-refractivity contribution in [3.05, 3.63) is 18.5 Å². The third-order valence-electron chi connectivity index (χ3n) is 1.39. The van der Waals surface area contributed by atoms with Gasteiger partial charge in [0.2, 0.25) is 0 Å². The molecule has 4 nitrogen and oxygen atoms in total. The quantitative estimate of drug-likeness (QED) is 0.712. The van der Waals surface area contributed by atoms with Crippen LogP contribution in [-0.2, 0) is 0 Å². The minimum atomic E-state index is 0.290. The van der Waals surface area contributed by atoms with E-state index in [0.29, 0.717) is 11.6 Å². The van der Waals surface area contributed by atoms with E-state index in [1.165, 1.54) is 7.11 Å². The number of methoxy groups -OCH3 is 1. The molecule has 0 aliphatic carbocycles. The molecule has 0 saturated heterocycles. The molecule has 1 aromatic heterocycles. The number of nitrogen functional groups attached to an aromatic ring is 1. The first-order chi connectivity index (χ1) is 5.65. The fraction of sp³-hybridized carbons (Fsp3) is 0.250. The average Bonchev–Trinajstić information content (AvgIpc) is 2.04. The van der Waals surface area contributed by atoms with Gasteiger partial charge in [0.15, 0.2) is 5.82 Å². The molecule has 0 unspecified atom stereocenters. The van der Waals surface area contributed by atoms with Crippen LogP contribution in [0.15, 0.2) is 12.8 Å². The Morgan fingerprint density at radius 3 is 2.75 bits per heavy atom. The molecule has 0 spiro atoms. The second-order valence-corrected chi connectivity index (χ2v) is 2.43. The molecule has 1 heterocycles. The van der Waals surface area contributed by atoms with E-state index >= 15 is 0 Å². The summed E-state index contributed by atoms with van der Waals surface area (Å²) in [6, 6.07) is 0. The Bertz CT molecular complexity index is 309. The van der Waals surface area contributed by atoms with Gasteiger partial charge in [-0.1, -0.05) is 6.58 Å². The minimum absolute atomic E-state index is 0.290. The number of ether oxygens (including phenoxy) is 1. The van der Waals surface area contributed by atoms with E-state index in [9.17, 15) is 0 Å². The van der Waals surface area contributed by atoms with E-state index in [-0.39, 0.29) is 5.82 Å². The molecule has 64 valence electrons. The van der Waals surface area contributed by atoms with Gasteiger partial charge in [0.1, 0.15) is 0 Å². The predicted molar refractivity (Wildman–Crippen MR) is 47.7 cm³/mol. The third kappa shape index (κ3) is 1.53. The van der Waals surface area contributed by atoms with Crippen molar-refractivity contribution in [3.8, 4) is 5.88 Å². The zero-order valence-electron chi connectivity index (χ0n) is 7.16. The van der Waals surface area contributed by atoms with Crippen molar-refractivity contribution in [1.82, 2.24) is 9.97 Å². The van der Waals surface area contributed by atoms with E-state index in [1.807, 2.05) is 6.92 Å². The minimum Gasteiger partial charge on any atom is -0.478 e. The number of aromatic nitrogens is 2. The molecule has 0 fully saturated rings. The summed E-state index contributed by atoms with van der Waals surface area (Å²) in [5.41, 5.74) is 7.05. The maximum absolute atomic E-state index is 5.53. The summed E-state index contributed by atoms with van der Waals surface area (Å²) in [5.74, 6) is 0.637. The zero-order valence-corrected chi connectivity index (χ0v) is 7.16. The normalized spacial score (nSPS) is 9.50. The number of nitrogens with zero attached hydrogens (tertiary/aromatic N) is 2. The highest BCUT2D eigenvalue weighted by Gasteiger charge is 2.03. The van der Waals surface area contributed by atoms with Crippen molar-refractivity contribution in [1.29, 1.82) is 0 Å². The average molecular weight is 165 g/mol. The summed E-state index contributed by atoms with van der Waals surface area (Å²) in [4.78, 5) is 7.98. The number of hydrogen-bond acceptors (Lipinski definition) is 4. The fourth-order valence-electron chi connectivity index (χ4n) is 0.755. The van der Waals surface area contributed by atoms with Crippen LogP contribution in [0.1, 0.15) is 12.6 Å². The summed E-state index contributed by atoms with van der Waals surface area (Å²) in [5, 5.41) is 0. The molecule has 4 heteroatoms. The number of nitrogens with two attached hydrogens (primary N) is 1.